The van der Waals surface area contributed by atoms with Gasteiger partial charge in [-0.1, -0.05) is 15.9 Å². The van der Waals surface area contributed by atoms with Gasteiger partial charge in [0.2, 0.25) is 0 Å². The summed E-state index contributed by atoms with van der Waals surface area (Å²) in [5, 5.41) is 1.21. The van der Waals surface area contributed by atoms with E-state index in [9.17, 15) is 0 Å². The number of halogens is 1. The number of fused-ring (bicyclic) bond motifs is 1. The second-order valence-corrected chi connectivity index (χ2v) is 4.05. The first-order valence-corrected chi connectivity index (χ1v) is 5.38. The van der Waals surface area contributed by atoms with Gasteiger partial charge in [0.25, 0.3) is 0 Å². The van der Waals surface area contributed by atoms with Crippen LogP contribution in [0.5, 0.6) is 5.88 Å². The molecule has 1 heterocycles. The van der Waals surface area contributed by atoms with Crippen LogP contribution in [0.4, 0.5) is 0 Å². The van der Waals surface area contributed by atoms with E-state index < -0.39 is 0 Å². The molecule has 0 amide bonds. The van der Waals surface area contributed by atoms with Crippen LogP contribution >= 0.6 is 15.9 Å². The fraction of sp³-hybridized carbons (Fsp3) is 0.273. The molecular formula is C11H12BrNO. The molecule has 0 unspecified atom stereocenters. The molecule has 14 heavy (non-hydrogen) atoms. The van der Waals surface area contributed by atoms with Crippen molar-refractivity contribution in [3.8, 4) is 5.88 Å². The molecule has 0 fully saturated rings. The number of rotatable bonds is 2. The minimum atomic E-state index is 0.917. The molecule has 0 bridgehead atoms. The fourth-order valence-electron chi connectivity index (χ4n) is 1.71. The molecule has 2 nitrogen and oxygen atoms in total. The van der Waals surface area contributed by atoms with E-state index in [1.807, 2.05) is 6.07 Å². The van der Waals surface area contributed by atoms with Crippen molar-refractivity contribution in [3.05, 3.63) is 28.7 Å². The van der Waals surface area contributed by atoms with E-state index in [4.69, 9.17) is 4.74 Å². The molecule has 0 atom stereocenters. The summed E-state index contributed by atoms with van der Waals surface area (Å²) >= 11 is 3.46. The number of aryl methyl sites for hydroxylation is 1. The third kappa shape index (κ3) is 1.42. The lowest BCUT2D eigenvalue weighted by Gasteiger charge is -2.05. The Bertz CT molecular complexity index is 462. The Morgan fingerprint density at radius 3 is 2.79 bits per heavy atom. The topological polar surface area (TPSA) is 14.2 Å². The van der Waals surface area contributed by atoms with Crippen molar-refractivity contribution < 1.29 is 4.74 Å². The van der Waals surface area contributed by atoms with Gasteiger partial charge < -0.3 is 9.30 Å². The fourth-order valence-corrected chi connectivity index (χ4v) is 2.09. The number of methoxy groups -OCH3 is 1. The average Bonchev–Trinajstić information content (AvgIpc) is 2.54. The summed E-state index contributed by atoms with van der Waals surface area (Å²) in [5.74, 6) is 0.917. The summed E-state index contributed by atoms with van der Waals surface area (Å²) in [6.07, 6.45) is 0. The molecule has 1 aromatic carbocycles. The Morgan fingerprint density at radius 2 is 2.14 bits per heavy atom. The van der Waals surface area contributed by atoms with Gasteiger partial charge in [-0.05, 0) is 25.1 Å². The number of hydrogen-bond acceptors (Lipinski definition) is 1. The maximum atomic E-state index is 5.31. The van der Waals surface area contributed by atoms with Crippen molar-refractivity contribution in [1.82, 2.24) is 4.57 Å². The summed E-state index contributed by atoms with van der Waals surface area (Å²) in [5.41, 5.74) is 1.22. The lowest BCUT2D eigenvalue weighted by molar-refractivity contribution is 0.378. The molecule has 2 rings (SSSR count). The molecule has 0 saturated heterocycles. The minimum absolute atomic E-state index is 0.917. The summed E-state index contributed by atoms with van der Waals surface area (Å²) < 4.78 is 8.56. The highest BCUT2D eigenvalue weighted by Gasteiger charge is 2.06. The van der Waals surface area contributed by atoms with Gasteiger partial charge in [0.15, 0.2) is 5.88 Å². The van der Waals surface area contributed by atoms with Gasteiger partial charge in [-0.2, -0.15) is 0 Å². The Labute approximate surface area is 91.6 Å². The predicted octanol–water partition coefficient (Wildman–Crippen LogP) is 3.43. The van der Waals surface area contributed by atoms with Crippen LogP contribution in [0.25, 0.3) is 10.9 Å². The number of hydrogen-bond donors (Lipinski definition) is 0. The van der Waals surface area contributed by atoms with E-state index in [0.717, 1.165) is 16.9 Å². The van der Waals surface area contributed by atoms with Crippen molar-refractivity contribution in [2.45, 2.75) is 13.5 Å². The zero-order valence-corrected chi connectivity index (χ0v) is 9.84. The summed E-state index contributed by atoms with van der Waals surface area (Å²) in [4.78, 5) is 0. The van der Waals surface area contributed by atoms with Crippen LogP contribution < -0.4 is 4.74 Å². The molecule has 74 valence electrons. The van der Waals surface area contributed by atoms with Crippen molar-refractivity contribution in [1.29, 1.82) is 0 Å². The number of aromatic nitrogens is 1. The highest BCUT2D eigenvalue weighted by molar-refractivity contribution is 9.10. The standard InChI is InChI=1S/C11H12BrNO/c1-3-13-10-5-4-9(12)6-8(10)7-11(13)14-2/h4-7H,3H2,1-2H3. The van der Waals surface area contributed by atoms with Crippen molar-refractivity contribution in [3.63, 3.8) is 0 Å². The zero-order chi connectivity index (χ0) is 10.1. The van der Waals surface area contributed by atoms with Crippen molar-refractivity contribution in [2.75, 3.05) is 7.11 Å². The molecule has 3 heteroatoms. The van der Waals surface area contributed by atoms with E-state index in [1.54, 1.807) is 7.11 Å². The van der Waals surface area contributed by atoms with Crippen LogP contribution in [0.15, 0.2) is 28.7 Å². The van der Waals surface area contributed by atoms with Crippen LogP contribution in [-0.2, 0) is 6.54 Å². The normalized spacial score (nSPS) is 10.8. The third-order valence-electron chi connectivity index (χ3n) is 2.35. The molecule has 1 aromatic heterocycles. The molecule has 0 aliphatic carbocycles. The van der Waals surface area contributed by atoms with E-state index >= 15 is 0 Å². The second kappa shape index (κ2) is 3.65. The Balaban J connectivity index is 2.73. The van der Waals surface area contributed by atoms with Gasteiger partial charge in [0.1, 0.15) is 0 Å². The zero-order valence-electron chi connectivity index (χ0n) is 8.25. The first kappa shape index (κ1) is 9.59. The van der Waals surface area contributed by atoms with E-state index in [-0.39, 0.29) is 0 Å². The first-order chi connectivity index (χ1) is 6.76. The second-order valence-electron chi connectivity index (χ2n) is 3.13. The van der Waals surface area contributed by atoms with Gasteiger partial charge in [0.05, 0.1) is 12.6 Å². The largest absolute Gasteiger partial charge is 0.482 e. The number of nitrogens with zero attached hydrogens (tertiary/aromatic N) is 1. The van der Waals surface area contributed by atoms with Gasteiger partial charge in [0, 0.05) is 22.5 Å². The van der Waals surface area contributed by atoms with Crippen LogP contribution in [0.1, 0.15) is 6.92 Å². The van der Waals surface area contributed by atoms with Crippen LogP contribution in [0.3, 0.4) is 0 Å². The van der Waals surface area contributed by atoms with Gasteiger partial charge >= 0.3 is 0 Å². The molecule has 2 aromatic rings. The number of benzene rings is 1. The van der Waals surface area contributed by atoms with Crippen LogP contribution in [-0.4, -0.2) is 11.7 Å². The quantitative estimate of drug-likeness (QED) is 0.800. The molecule has 0 radical (unpaired) electrons. The molecule has 0 N–H and O–H groups in total. The molecule has 0 saturated carbocycles. The van der Waals surface area contributed by atoms with E-state index in [2.05, 4.69) is 45.6 Å². The van der Waals surface area contributed by atoms with E-state index in [1.165, 1.54) is 10.9 Å². The predicted molar refractivity (Wildman–Crippen MR) is 61.9 cm³/mol. The van der Waals surface area contributed by atoms with Gasteiger partial charge in [-0.3, -0.25) is 0 Å². The maximum Gasteiger partial charge on any atom is 0.194 e. The molecule has 0 aliphatic rings. The lowest BCUT2D eigenvalue weighted by Crippen LogP contribution is -1.96. The van der Waals surface area contributed by atoms with Crippen molar-refractivity contribution in [2.24, 2.45) is 0 Å². The van der Waals surface area contributed by atoms with Crippen LogP contribution in [0, 0.1) is 0 Å². The highest BCUT2D eigenvalue weighted by atomic mass is 79.9. The number of ether oxygens (including phenoxy) is 1. The highest BCUT2D eigenvalue weighted by Crippen LogP contribution is 2.27. The lowest BCUT2D eigenvalue weighted by atomic mass is 10.2. The molecule has 0 aliphatic heterocycles. The first-order valence-electron chi connectivity index (χ1n) is 4.59. The summed E-state index contributed by atoms with van der Waals surface area (Å²) in [6.45, 7) is 3.04. The van der Waals surface area contributed by atoms with Crippen LogP contribution in [0.2, 0.25) is 0 Å². The van der Waals surface area contributed by atoms with Gasteiger partial charge in [-0.25, -0.2) is 0 Å². The van der Waals surface area contributed by atoms with Gasteiger partial charge in [-0.15, -0.1) is 0 Å². The van der Waals surface area contributed by atoms with Crippen molar-refractivity contribution >= 4 is 26.8 Å². The summed E-state index contributed by atoms with van der Waals surface area (Å²) in [6, 6.07) is 8.31. The Hall–Kier alpha value is -0.960. The van der Waals surface area contributed by atoms with E-state index in [0.29, 0.717) is 0 Å². The summed E-state index contributed by atoms with van der Waals surface area (Å²) in [7, 11) is 1.70. The maximum absolute atomic E-state index is 5.31. The SMILES string of the molecule is CCn1c(OC)cc2cc(Br)ccc21. The smallest absolute Gasteiger partial charge is 0.194 e. The molecular weight excluding hydrogens is 242 g/mol. The molecule has 0 spiro atoms. The third-order valence-corrected chi connectivity index (χ3v) is 2.84. The Morgan fingerprint density at radius 1 is 1.36 bits per heavy atom. The minimum Gasteiger partial charge on any atom is -0.482 e. The Kier molecular flexibility index (Phi) is 2.50. The average molecular weight is 254 g/mol. The monoisotopic (exact) mass is 253 g/mol.